The molecule has 3 rings (SSSR count). The maximum atomic E-state index is 12.5. The van der Waals surface area contributed by atoms with E-state index in [0.29, 0.717) is 10.6 Å². The number of hydrogen-bond donors (Lipinski definition) is 2. The van der Waals surface area contributed by atoms with Crippen LogP contribution in [0.25, 0.3) is 10.1 Å². The zero-order chi connectivity index (χ0) is 18.9. The highest BCUT2D eigenvalue weighted by Gasteiger charge is 2.28. The fourth-order valence-electron chi connectivity index (χ4n) is 2.47. The van der Waals surface area contributed by atoms with Gasteiger partial charge < -0.3 is 9.84 Å². The van der Waals surface area contributed by atoms with Crippen molar-refractivity contribution in [2.75, 3.05) is 13.7 Å². The number of halogens is 1. The smallest absolute Gasteiger partial charge is 0.240 e. The fraction of sp³-hybridized carbons (Fsp3) is 0.222. The Morgan fingerprint density at radius 3 is 2.62 bits per heavy atom. The monoisotopic (exact) mass is 411 g/mol. The first kappa shape index (κ1) is 19.1. The van der Waals surface area contributed by atoms with Crippen molar-refractivity contribution in [1.82, 2.24) is 4.72 Å². The molecule has 0 saturated heterocycles. The number of fused-ring (bicyclic) bond motifs is 1. The SMILES string of the molecule is COc1ccc(S(=O)(=O)NCC(C)(O)c2cc3ccccc3s2)cc1Cl. The third-order valence-electron chi connectivity index (χ3n) is 4.00. The molecular weight excluding hydrogens is 394 g/mol. The second-order valence-corrected chi connectivity index (χ2v) is 9.30. The van der Waals surface area contributed by atoms with Gasteiger partial charge in [-0.15, -0.1) is 11.3 Å². The van der Waals surface area contributed by atoms with Crippen molar-refractivity contribution < 1.29 is 18.3 Å². The van der Waals surface area contributed by atoms with Gasteiger partial charge in [0.25, 0.3) is 0 Å². The lowest BCUT2D eigenvalue weighted by molar-refractivity contribution is 0.0666. The average molecular weight is 412 g/mol. The number of benzene rings is 2. The second kappa shape index (κ2) is 7.17. The van der Waals surface area contributed by atoms with E-state index in [4.69, 9.17) is 16.3 Å². The molecule has 138 valence electrons. The number of aliphatic hydroxyl groups is 1. The molecule has 0 aliphatic carbocycles. The quantitative estimate of drug-likeness (QED) is 0.647. The summed E-state index contributed by atoms with van der Waals surface area (Å²) in [5.74, 6) is 0.392. The van der Waals surface area contributed by atoms with Crippen LogP contribution in [0.3, 0.4) is 0 Å². The van der Waals surface area contributed by atoms with Crippen LogP contribution in [-0.4, -0.2) is 27.2 Å². The van der Waals surface area contributed by atoms with E-state index in [2.05, 4.69) is 4.72 Å². The first-order valence-electron chi connectivity index (χ1n) is 7.77. The van der Waals surface area contributed by atoms with Gasteiger partial charge in [-0.1, -0.05) is 29.8 Å². The Kier molecular flexibility index (Phi) is 5.28. The Labute approximate surface area is 161 Å². The maximum Gasteiger partial charge on any atom is 0.240 e. The first-order chi connectivity index (χ1) is 12.2. The first-order valence-corrected chi connectivity index (χ1v) is 10.5. The van der Waals surface area contributed by atoms with Gasteiger partial charge in [-0.3, -0.25) is 0 Å². The molecule has 5 nitrogen and oxygen atoms in total. The van der Waals surface area contributed by atoms with Crippen molar-refractivity contribution in [2.45, 2.75) is 17.4 Å². The van der Waals surface area contributed by atoms with E-state index in [1.165, 1.54) is 36.6 Å². The third-order valence-corrected chi connectivity index (χ3v) is 7.06. The van der Waals surface area contributed by atoms with Crippen LogP contribution in [0.2, 0.25) is 5.02 Å². The zero-order valence-corrected chi connectivity index (χ0v) is 16.6. The Hall–Kier alpha value is -1.64. The van der Waals surface area contributed by atoms with Crippen molar-refractivity contribution in [2.24, 2.45) is 0 Å². The Balaban J connectivity index is 1.80. The van der Waals surface area contributed by atoms with Crippen LogP contribution in [0, 0.1) is 0 Å². The summed E-state index contributed by atoms with van der Waals surface area (Å²) in [6.07, 6.45) is 0. The predicted molar refractivity (Wildman–Crippen MR) is 105 cm³/mol. The Morgan fingerprint density at radius 2 is 1.96 bits per heavy atom. The van der Waals surface area contributed by atoms with Gasteiger partial charge in [-0.25, -0.2) is 13.1 Å². The number of rotatable bonds is 6. The molecule has 0 bridgehead atoms. The van der Waals surface area contributed by atoms with E-state index >= 15 is 0 Å². The van der Waals surface area contributed by atoms with E-state index in [1.54, 1.807) is 6.92 Å². The molecule has 1 atom stereocenters. The van der Waals surface area contributed by atoms with Crippen LogP contribution >= 0.6 is 22.9 Å². The minimum absolute atomic E-state index is 0.00967. The molecule has 3 aromatic rings. The lowest BCUT2D eigenvalue weighted by Gasteiger charge is -2.22. The minimum Gasteiger partial charge on any atom is -0.495 e. The fourth-order valence-corrected chi connectivity index (χ4v) is 5.05. The third kappa shape index (κ3) is 3.87. The van der Waals surface area contributed by atoms with Gasteiger partial charge in [-0.2, -0.15) is 0 Å². The van der Waals surface area contributed by atoms with Crippen molar-refractivity contribution in [3.05, 3.63) is 58.4 Å². The summed E-state index contributed by atoms with van der Waals surface area (Å²) >= 11 is 7.44. The molecule has 0 aliphatic rings. The Bertz CT molecular complexity index is 1010. The number of nitrogens with one attached hydrogen (secondary N) is 1. The largest absolute Gasteiger partial charge is 0.495 e. The van der Waals surface area contributed by atoms with Gasteiger partial charge >= 0.3 is 0 Å². The number of sulfonamides is 1. The van der Waals surface area contributed by atoms with E-state index in [9.17, 15) is 13.5 Å². The van der Waals surface area contributed by atoms with E-state index in [0.717, 1.165) is 10.1 Å². The lowest BCUT2D eigenvalue weighted by atomic mass is 10.1. The minimum atomic E-state index is -3.82. The van der Waals surface area contributed by atoms with Gasteiger partial charge in [-0.05, 0) is 42.6 Å². The molecule has 0 radical (unpaired) electrons. The average Bonchev–Trinajstić information content (AvgIpc) is 3.05. The van der Waals surface area contributed by atoms with Gasteiger partial charge in [0.05, 0.1) is 17.0 Å². The highest BCUT2D eigenvalue weighted by atomic mass is 35.5. The molecule has 8 heteroatoms. The molecule has 1 heterocycles. The second-order valence-electron chi connectivity index (χ2n) is 6.04. The highest BCUT2D eigenvalue weighted by molar-refractivity contribution is 7.89. The molecule has 0 aliphatic heterocycles. The van der Waals surface area contributed by atoms with Gasteiger partial charge in [0, 0.05) is 16.1 Å². The summed E-state index contributed by atoms with van der Waals surface area (Å²) in [5, 5.41) is 12.0. The van der Waals surface area contributed by atoms with Gasteiger partial charge in [0.2, 0.25) is 10.0 Å². The summed E-state index contributed by atoms with van der Waals surface area (Å²) in [7, 11) is -2.37. The van der Waals surface area contributed by atoms with Crippen LogP contribution in [0.15, 0.2) is 53.4 Å². The molecule has 0 fully saturated rings. The van der Waals surface area contributed by atoms with Crippen LogP contribution in [0.1, 0.15) is 11.8 Å². The van der Waals surface area contributed by atoms with E-state index in [-0.39, 0.29) is 16.5 Å². The van der Waals surface area contributed by atoms with Crippen LogP contribution in [0.4, 0.5) is 0 Å². The van der Waals surface area contributed by atoms with Crippen molar-refractivity contribution >= 4 is 43.0 Å². The maximum absolute atomic E-state index is 12.5. The molecule has 1 aromatic heterocycles. The number of ether oxygens (including phenoxy) is 1. The van der Waals surface area contributed by atoms with Crippen molar-refractivity contribution in [1.29, 1.82) is 0 Å². The molecular formula is C18H18ClNO4S2. The van der Waals surface area contributed by atoms with Gasteiger partial charge in [0.15, 0.2) is 0 Å². The number of methoxy groups -OCH3 is 1. The van der Waals surface area contributed by atoms with E-state index in [1.807, 2.05) is 30.3 Å². The summed E-state index contributed by atoms with van der Waals surface area (Å²) in [4.78, 5) is 0.699. The van der Waals surface area contributed by atoms with Crippen LogP contribution < -0.4 is 9.46 Å². The highest BCUT2D eigenvalue weighted by Crippen LogP contribution is 2.33. The van der Waals surface area contributed by atoms with E-state index < -0.39 is 15.6 Å². The molecule has 0 amide bonds. The molecule has 0 spiro atoms. The molecule has 0 saturated carbocycles. The predicted octanol–water partition coefficient (Wildman–Crippen LogP) is 3.75. The Morgan fingerprint density at radius 1 is 1.23 bits per heavy atom. The number of thiophene rings is 1. The zero-order valence-electron chi connectivity index (χ0n) is 14.2. The molecule has 2 N–H and O–H groups in total. The molecule has 2 aromatic carbocycles. The van der Waals surface area contributed by atoms with Crippen molar-refractivity contribution in [3.8, 4) is 5.75 Å². The summed E-state index contributed by atoms with van der Waals surface area (Å²) < 4.78 is 33.5. The van der Waals surface area contributed by atoms with Crippen LogP contribution in [0.5, 0.6) is 5.75 Å². The molecule has 1 unspecified atom stereocenters. The van der Waals surface area contributed by atoms with Crippen molar-refractivity contribution in [3.63, 3.8) is 0 Å². The summed E-state index contributed by atoms with van der Waals surface area (Å²) in [5.41, 5.74) is -1.34. The summed E-state index contributed by atoms with van der Waals surface area (Å²) in [6, 6.07) is 13.8. The topological polar surface area (TPSA) is 75.6 Å². The lowest BCUT2D eigenvalue weighted by Crippen LogP contribution is -2.38. The summed E-state index contributed by atoms with van der Waals surface area (Å²) in [6.45, 7) is 1.42. The van der Waals surface area contributed by atoms with Gasteiger partial charge in [0.1, 0.15) is 11.4 Å². The number of hydrogen-bond acceptors (Lipinski definition) is 5. The van der Waals surface area contributed by atoms with Crippen LogP contribution in [-0.2, 0) is 15.6 Å². The standard InChI is InChI=1S/C18H18ClNO4S2/c1-18(21,17-9-12-5-3-4-6-16(12)25-17)11-20-26(22,23)13-7-8-15(24-2)14(19)10-13/h3-10,20-21H,11H2,1-2H3. The molecule has 26 heavy (non-hydrogen) atoms. The normalized spacial score (nSPS) is 14.3.